The van der Waals surface area contributed by atoms with Crippen LogP contribution in [-0.2, 0) is 27.1 Å². The van der Waals surface area contributed by atoms with Crippen molar-refractivity contribution in [1.82, 2.24) is 4.98 Å². The lowest BCUT2D eigenvalue weighted by Crippen LogP contribution is -2.07. The van der Waals surface area contributed by atoms with E-state index >= 15 is 0 Å². The summed E-state index contributed by atoms with van der Waals surface area (Å²) in [5, 5.41) is 2.76. The van der Waals surface area contributed by atoms with Gasteiger partial charge >= 0.3 is 5.97 Å². The molecule has 0 amide bonds. The molecular weight excluding hydrogens is 286 g/mol. The van der Waals surface area contributed by atoms with E-state index in [9.17, 15) is 4.79 Å². The number of aromatic nitrogens is 1. The van der Waals surface area contributed by atoms with Crippen LogP contribution in [0.4, 0.5) is 0 Å². The van der Waals surface area contributed by atoms with Crippen LogP contribution >= 0.6 is 11.3 Å². The maximum absolute atomic E-state index is 11.4. The van der Waals surface area contributed by atoms with Gasteiger partial charge in [-0.15, -0.1) is 11.3 Å². The Labute approximate surface area is 128 Å². The fraction of sp³-hybridized carbons (Fsp3) is 0.375. The first kappa shape index (κ1) is 15.7. The summed E-state index contributed by atoms with van der Waals surface area (Å²) >= 11 is 1.48. The third kappa shape index (κ3) is 4.65. The van der Waals surface area contributed by atoms with Gasteiger partial charge in [0.05, 0.1) is 25.3 Å². The van der Waals surface area contributed by atoms with Crippen molar-refractivity contribution in [2.24, 2.45) is 0 Å². The Morgan fingerprint density at radius 1 is 1.29 bits per heavy atom. The zero-order valence-corrected chi connectivity index (χ0v) is 13.1. The second-order valence-corrected chi connectivity index (χ2v) is 5.49. The third-order valence-corrected chi connectivity index (χ3v) is 3.85. The van der Waals surface area contributed by atoms with Crippen LogP contribution in [0, 0.1) is 0 Å². The highest BCUT2D eigenvalue weighted by Crippen LogP contribution is 2.23. The standard InChI is InChI=1S/C16H19NO3S/c1-3-20-16(18)10-15-17-14(11-21-15)13-6-4-12(5-7-13)8-9-19-2/h4-7,11H,3,8-10H2,1-2H3. The zero-order chi connectivity index (χ0) is 15.1. The third-order valence-electron chi connectivity index (χ3n) is 3.00. The van der Waals surface area contributed by atoms with Crippen molar-refractivity contribution in [2.75, 3.05) is 20.3 Å². The largest absolute Gasteiger partial charge is 0.466 e. The lowest BCUT2D eigenvalue weighted by Gasteiger charge is -2.02. The van der Waals surface area contributed by atoms with E-state index in [1.54, 1.807) is 14.0 Å². The minimum absolute atomic E-state index is 0.228. The van der Waals surface area contributed by atoms with Gasteiger partial charge in [0.25, 0.3) is 0 Å². The van der Waals surface area contributed by atoms with Crippen LogP contribution in [0.1, 0.15) is 17.5 Å². The van der Waals surface area contributed by atoms with Crippen molar-refractivity contribution >= 4 is 17.3 Å². The van der Waals surface area contributed by atoms with Crippen molar-refractivity contribution in [1.29, 1.82) is 0 Å². The zero-order valence-electron chi connectivity index (χ0n) is 12.3. The van der Waals surface area contributed by atoms with Gasteiger partial charge in [0.15, 0.2) is 0 Å². The topological polar surface area (TPSA) is 48.4 Å². The summed E-state index contributed by atoms with van der Waals surface area (Å²) in [7, 11) is 1.70. The number of nitrogens with zero attached hydrogens (tertiary/aromatic N) is 1. The Morgan fingerprint density at radius 3 is 2.71 bits per heavy atom. The first-order chi connectivity index (χ1) is 10.2. The molecule has 0 aliphatic heterocycles. The Kier molecular flexibility index (Phi) is 5.90. The number of methoxy groups -OCH3 is 1. The molecule has 0 saturated heterocycles. The Balaban J connectivity index is 2.01. The molecule has 21 heavy (non-hydrogen) atoms. The van der Waals surface area contributed by atoms with Crippen LogP contribution in [0.15, 0.2) is 29.6 Å². The molecule has 112 valence electrons. The predicted octanol–water partition coefficient (Wildman–Crippen LogP) is 3.10. The molecule has 2 rings (SSSR count). The molecule has 0 fully saturated rings. The van der Waals surface area contributed by atoms with E-state index in [1.807, 2.05) is 17.5 Å². The van der Waals surface area contributed by atoms with Crippen LogP contribution in [-0.4, -0.2) is 31.3 Å². The summed E-state index contributed by atoms with van der Waals surface area (Å²) in [6.07, 6.45) is 1.15. The first-order valence-corrected chi connectivity index (χ1v) is 7.79. The highest BCUT2D eigenvalue weighted by Gasteiger charge is 2.09. The smallest absolute Gasteiger partial charge is 0.312 e. The summed E-state index contributed by atoms with van der Waals surface area (Å²) < 4.78 is 10.00. The van der Waals surface area contributed by atoms with Crippen LogP contribution in [0.5, 0.6) is 0 Å². The van der Waals surface area contributed by atoms with Crippen molar-refractivity contribution in [2.45, 2.75) is 19.8 Å². The lowest BCUT2D eigenvalue weighted by atomic mass is 10.1. The summed E-state index contributed by atoms with van der Waals surface area (Å²) in [5.41, 5.74) is 3.20. The molecular formula is C16H19NO3S. The predicted molar refractivity (Wildman–Crippen MR) is 83.5 cm³/mol. The summed E-state index contributed by atoms with van der Waals surface area (Å²) in [6.45, 7) is 2.93. The van der Waals surface area contributed by atoms with E-state index in [0.717, 1.165) is 29.3 Å². The summed E-state index contributed by atoms with van der Waals surface area (Å²) in [5.74, 6) is -0.228. The van der Waals surface area contributed by atoms with Gasteiger partial charge in [-0.05, 0) is 18.9 Å². The monoisotopic (exact) mass is 305 g/mol. The molecule has 1 aromatic carbocycles. The molecule has 0 aliphatic carbocycles. The van der Waals surface area contributed by atoms with Crippen LogP contribution in [0.25, 0.3) is 11.3 Å². The first-order valence-electron chi connectivity index (χ1n) is 6.91. The summed E-state index contributed by atoms with van der Waals surface area (Å²) in [4.78, 5) is 15.9. The van der Waals surface area contributed by atoms with Gasteiger partial charge in [-0.2, -0.15) is 0 Å². The normalized spacial score (nSPS) is 10.6. The van der Waals surface area contributed by atoms with Crippen LogP contribution in [0.3, 0.4) is 0 Å². The van der Waals surface area contributed by atoms with Gasteiger partial charge in [0.1, 0.15) is 5.01 Å². The highest BCUT2D eigenvalue weighted by atomic mass is 32.1. The van der Waals surface area contributed by atoms with Crippen LogP contribution < -0.4 is 0 Å². The van der Waals surface area contributed by atoms with Crippen LogP contribution in [0.2, 0.25) is 0 Å². The highest BCUT2D eigenvalue weighted by molar-refractivity contribution is 7.10. The van der Waals surface area contributed by atoms with E-state index in [2.05, 4.69) is 17.1 Å². The number of thiazole rings is 1. The molecule has 0 N–H and O–H groups in total. The lowest BCUT2D eigenvalue weighted by molar-refractivity contribution is -0.142. The number of ether oxygens (including phenoxy) is 2. The number of benzene rings is 1. The van der Waals surface area contributed by atoms with Gasteiger partial charge in [0.2, 0.25) is 0 Å². The van der Waals surface area contributed by atoms with Crippen molar-refractivity contribution in [3.63, 3.8) is 0 Å². The van der Waals surface area contributed by atoms with E-state index in [4.69, 9.17) is 9.47 Å². The maximum Gasteiger partial charge on any atom is 0.312 e. The molecule has 0 spiro atoms. The second-order valence-electron chi connectivity index (χ2n) is 4.55. The van der Waals surface area contributed by atoms with Gasteiger partial charge in [0, 0.05) is 18.1 Å². The number of carbonyl (C=O) groups is 1. The molecule has 0 unspecified atom stereocenters. The maximum atomic E-state index is 11.4. The average molecular weight is 305 g/mol. The second kappa shape index (κ2) is 7.90. The number of carbonyl (C=O) groups excluding carboxylic acids is 1. The number of esters is 1. The summed E-state index contributed by atoms with van der Waals surface area (Å²) in [6, 6.07) is 8.26. The van der Waals surface area contributed by atoms with Gasteiger partial charge < -0.3 is 9.47 Å². The van der Waals surface area contributed by atoms with E-state index in [-0.39, 0.29) is 12.4 Å². The van der Waals surface area contributed by atoms with Crippen molar-refractivity contribution < 1.29 is 14.3 Å². The molecule has 1 aromatic heterocycles. The number of rotatable bonds is 7. The molecule has 0 saturated carbocycles. The quantitative estimate of drug-likeness (QED) is 0.738. The molecule has 5 heteroatoms. The van der Waals surface area contributed by atoms with Crippen molar-refractivity contribution in [3.8, 4) is 11.3 Å². The minimum Gasteiger partial charge on any atom is -0.466 e. The van der Waals surface area contributed by atoms with E-state index < -0.39 is 0 Å². The van der Waals surface area contributed by atoms with Gasteiger partial charge in [-0.3, -0.25) is 4.79 Å². The minimum atomic E-state index is -0.228. The molecule has 1 heterocycles. The van der Waals surface area contributed by atoms with E-state index in [1.165, 1.54) is 16.9 Å². The molecule has 0 aliphatic rings. The Bertz CT molecular complexity index is 577. The van der Waals surface area contributed by atoms with Gasteiger partial charge in [-0.25, -0.2) is 4.98 Å². The average Bonchev–Trinajstić information content (AvgIpc) is 2.94. The van der Waals surface area contributed by atoms with E-state index in [0.29, 0.717) is 6.61 Å². The molecule has 0 atom stereocenters. The molecule has 0 radical (unpaired) electrons. The van der Waals surface area contributed by atoms with Gasteiger partial charge in [-0.1, -0.05) is 24.3 Å². The fourth-order valence-electron chi connectivity index (χ4n) is 1.92. The number of hydrogen-bond donors (Lipinski definition) is 0. The van der Waals surface area contributed by atoms with Crippen molar-refractivity contribution in [3.05, 3.63) is 40.2 Å². The SMILES string of the molecule is CCOC(=O)Cc1nc(-c2ccc(CCOC)cc2)cs1. The Hall–Kier alpha value is -1.72. The molecule has 4 nitrogen and oxygen atoms in total. The molecule has 2 aromatic rings. The molecule has 0 bridgehead atoms. The fourth-order valence-corrected chi connectivity index (χ4v) is 2.71. The number of hydrogen-bond acceptors (Lipinski definition) is 5. The Morgan fingerprint density at radius 2 is 2.05 bits per heavy atom.